The van der Waals surface area contributed by atoms with Gasteiger partial charge < -0.3 is 15.5 Å². The maximum absolute atomic E-state index is 13.6. The highest BCUT2D eigenvalue weighted by Crippen LogP contribution is 2.36. The monoisotopic (exact) mass is 401 g/mol. The average molecular weight is 402 g/mol. The molecular formula is C21H24FN3O2S. The maximum atomic E-state index is 13.6. The second-order valence-electron chi connectivity index (χ2n) is 6.76. The molecule has 2 aromatic rings. The third-order valence-electron chi connectivity index (χ3n) is 4.58. The molecule has 0 aliphatic carbocycles. The molecule has 0 bridgehead atoms. The molecule has 3 amide bonds. The maximum Gasteiger partial charge on any atom is 0.317 e. The van der Waals surface area contributed by atoms with Crippen LogP contribution in [-0.4, -0.2) is 36.2 Å². The fraction of sp³-hybridized carbons (Fsp3) is 0.333. The molecule has 28 heavy (non-hydrogen) atoms. The fourth-order valence-electron chi connectivity index (χ4n) is 3.13. The molecule has 148 valence electrons. The Morgan fingerprint density at radius 2 is 2.00 bits per heavy atom. The van der Waals surface area contributed by atoms with Crippen molar-refractivity contribution in [3.05, 3.63) is 65.5 Å². The van der Waals surface area contributed by atoms with Crippen LogP contribution in [0, 0.1) is 5.82 Å². The van der Waals surface area contributed by atoms with Gasteiger partial charge in [0.25, 0.3) is 0 Å². The second kappa shape index (κ2) is 9.59. The van der Waals surface area contributed by atoms with Gasteiger partial charge in [-0.2, -0.15) is 0 Å². The largest absolute Gasteiger partial charge is 0.349 e. The Labute approximate surface area is 168 Å². The number of hydrogen-bond donors (Lipinski definition) is 2. The number of carbonyl (C=O) groups excluding carboxylic acids is 2. The van der Waals surface area contributed by atoms with Gasteiger partial charge >= 0.3 is 6.03 Å². The van der Waals surface area contributed by atoms with E-state index < -0.39 is 0 Å². The summed E-state index contributed by atoms with van der Waals surface area (Å²) in [4.78, 5) is 27.0. The van der Waals surface area contributed by atoms with Gasteiger partial charge in [0, 0.05) is 37.2 Å². The Morgan fingerprint density at radius 1 is 1.21 bits per heavy atom. The molecule has 3 rings (SSSR count). The molecule has 7 heteroatoms. The molecule has 1 unspecified atom stereocenters. The van der Waals surface area contributed by atoms with Crippen LogP contribution in [0.3, 0.4) is 0 Å². The molecule has 1 heterocycles. The van der Waals surface area contributed by atoms with Crippen LogP contribution in [0.2, 0.25) is 0 Å². The standard InChI is InChI=1S/C21H24FN3O2S/c1-25(14-15-5-3-2-4-6-15)21(27)23-11-9-20(26)24-18-10-12-28-19-8-7-16(22)13-17(18)19/h2-8,13,18H,9-12,14H2,1H3,(H,23,27)(H,24,26). The zero-order valence-electron chi connectivity index (χ0n) is 15.8. The minimum Gasteiger partial charge on any atom is -0.349 e. The number of benzene rings is 2. The number of nitrogens with zero attached hydrogens (tertiary/aromatic N) is 1. The first kappa shape index (κ1) is 20.2. The van der Waals surface area contributed by atoms with Gasteiger partial charge in [-0.1, -0.05) is 30.3 Å². The number of urea groups is 1. The van der Waals surface area contributed by atoms with E-state index in [1.807, 2.05) is 30.3 Å². The van der Waals surface area contributed by atoms with E-state index >= 15 is 0 Å². The molecule has 1 aliphatic heterocycles. The van der Waals surface area contributed by atoms with E-state index in [-0.39, 0.29) is 36.8 Å². The van der Waals surface area contributed by atoms with Crippen molar-refractivity contribution in [1.29, 1.82) is 0 Å². The molecule has 0 saturated carbocycles. The molecule has 0 aromatic heterocycles. The molecule has 1 aliphatic rings. The quantitative estimate of drug-likeness (QED) is 0.776. The summed E-state index contributed by atoms with van der Waals surface area (Å²) in [7, 11) is 1.72. The predicted molar refractivity (Wildman–Crippen MR) is 109 cm³/mol. The first-order valence-electron chi connectivity index (χ1n) is 9.27. The van der Waals surface area contributed by atoms with Gasteiger partial charge in [-0.15, -0.1) is 11.8 Å². The van der Waals surface area contributed by atoms with Crippen LogP contribution in [0.15, 0.2) is 53.4 Å². The Balaban J connectivity index is 1.44. The van der Waals surface area contributed by atoms with E-state index in [1.54, 1.807) is 29.8 Å². The lowest BCUT2D eigenvalue weighted by Gasteiger charge is -2.26. The SMILES string of the molecule is CN(Cc1ccccc1)C(=O)NCCC(=O)NC1CCSc2ccc(F)cc21. The van der Waals surface area contributed by atoms with Gasteiger partial charge in [-0.3, -0.25) is 4.79 Å². The van der Waals surface area contributed by atoms with Crippen LogP contribution < -0.4 is 10.6 Å². The Kier molecular flexibility index (Phi) is 6.92. The van der Waals surface area contributed by atoms with E-state index in [4.69, 9.17) is 0 Å². The minimum absolute atomic E-state index is 0.155. The van der Waals surface area contributed by atoms with Gasteiger partial charge in [-0.05, 0) is 35.7 Å². The van der Waals surface area contributed by atoms with Crippen molar-refractivity contribution < 1.29 is 14.0 Å². The van der Waals surface area contributed by atoms with Crippen LogP contribution in [0.25, 0.3) is 0 Å². The lowest BCUT2D eigenvalue weighted by atomic mass is 10.0. The molecular weight excluding hydrogens is 377 g/mol. The van der Waals surface area contributed by atoms with Gasteiger partial charge in [0.2, 0.25) is 5.91 Å². The van der Waals surface area contributed by atoms with E-state index in [2.05, 4.69) is 10.6 Å². The van der Waals surface area contributed by atoms with Crippen molar-refractivity contribution in [3.8, 4) is 0 Å². The number of nitrogens with one attached hydrogen (secondary N) is 2. The van der Waals surface area contributed by atoms with Crippen LogP contribution in [0.1, 0.15) is 30.0 Å². The average Bonchev–Trinajstić information content (AvgIpc) is 2.69. The number of carbonyl (C=O) groups is 2. The number of rotatable bonds is 6. The van der Waals surface area contributed by atoms with E-state index in [9.17, 15) is 14.0 Å². The summed E-state index contributed by atoms with van der Waals surface area (Å²) in [5.41, 5.74) is 1.87. The fourth-order valence-corrected chi connectivity index (χ4v) is 4.23. The molecule has 1 atom stereocenters. The summed E-state index contributed by atoms with van der Waals surface area (Å²) >= 11 is 1.67. The number of hydrogen-bond acceptors (Lipinski definition) is 3. The third-order valence-corrected chi connectivity index (χ3v) is 5.71. The van der Waals surface area contributed by atoms with Gasteiger partial charge in [-0.25, -0.2) is 9.18 Å². The van der Waals surface area contributed by atoms with Crippen LogP contribution >= 0.6 is 11.8 Å². The van der Waals surface area contributed by atoms with Crippen molar-refractivity contribution in [2.45, 2.75) is 30.3 Å². The number of fused-ring (bicyclic) bond motifs is 1. The first-order chi connectivity index (χ1) is 13.5. The van der Waals surface area contributed by atoms with Crippen molar-refractivity contribution in [3.63, 3.8) is 0 Å². The van der Waals surface area contributed by atoms with Crippen molar-refractivity contribution >= 4 is 23.7 Å². The zero-order chi connectivity index (χ0) is 19.9. The third kappa shape index (κ3) is 5.48. The highest BCUT2D eigenvalue weighted by atomic mass is 32.2. The molecule has 0 fully saturated rings. The van der Waals surface area contributed by atoms with E-state index in [0.717, 1.165) is 28.2 Å². The summed E-state index contributed by atoms with van der Waals surface area (Å²) < 4.78 is 13.6. The number of halogens is 1. The Hall–Kier alpha value is -2.54. The Morgan fingerprint density at radius 3 is 2.79 bits per heavy atom. The molecule has 2 N–H and O–H groups in total. The van der Waals surface area contributed by atoms with E-state index in [0.29, 0.717) is 6.54 Å². The van der Waals surface area contributed by atoms with Gasteiger partial charge in [0.05, 0.1) is 6.04 Å². The molecule has 5 nitrogen and oxygen atoms in total. The minimum atomic E-state index is -0.297. The molecule has 0 saturated heterocycles. The van der Waals surface area contributed by atoms with Gasteiger partial charge in [0.1, 0.15) is 5.82 Å². The summed E-state index contributed by atoms with van der Waals surface area (Å²) in [6, 6.07) is 14.0. The Bertz CT molecular complexity index is 832. The van der Waals surface area contributed by atoms with Crippen molar-refractivity contribution in [2.75, 3.05) is 19.3 Å². The van der Waals surface area contributed by atoms with Gasteiger partial charge in [0.15, 0.2) is 0 Å². The highest BCUT2D eigenvalue weighted by Gasteiger charge is 2.22. The number of amides is 3. The molecule has 2 aromatic carbocycles. The molecule has 0 radical (unpaired) electrons. The van der Waals surface area contributed by atoms with Crippen LogP contribution in [-0.2, 0) is 11.3 Å². The summed E-state index contributed by atoms with van der Waals surface area (Å²) in [6.45, 7) is 0.752. The first-order valence-corrected chi connectivity index (χ1v) is 10.3. The van der Waals surface area contributed by atoms with Crippen molar-refractivity contribution in [2.24, 2.45) is 0 Å². The normalized spacial score (nSPS) is 15.4. The predicted octanol–water partition coefficient (Wildman–Crippen LogP) is 3.71. The van der Waals surface area contributed by atoms with Crippen LogP contribution in [0.5, 0.6) is 0 Å². The van der Waals surface area contributed by atoms with Crippen LogP contribution in [0.4, 0.5) is 9.18 Å². The van der Waals surface area contributed by atoms with Crippen molar-refractivity contribution in [1.82, 2.24) is 15.5 Å². The smallest absolute Gasteiger partial charge is 0.317 e. The summed E-state index contributed by atoms with van der Waals surface area (Å²) in [5, 5.41) is 5.72. The highest BCUT2D eigenvalue weighted by molar-refractivity contribution is 7.99. The molecule has 0 spiro atoms. The summed E-state index contributed by atoms with van der Waals surface area (Å²) in [5.74, 6) is 0.428. The zero-order valence-corrected chi connectivity index (χ0v) is 16.6. The second-order valence-corrected chi connectivity index (χ2v) is 7.90. The lowest BCUT2D eigenvalue weighted by Crippen LogP contribution is -2.39. The lowest BCUT2D eigenvalue weighted by molar-refractivity contribution is -0.121. The number of thioether (sulfide) groups is 1. The summed E-state index contributed by atoms with van der Waals surface area (Å²) in [6.07, 6.45) is 0.943. The topological polar surface area (TPSA) is 61.4 Å². The van der Waals surface area contributed by atoms with E-state index in [1.165, 1.54) is 12.1 Å².